The van der Waals surface area contributed by atoms with Gasteiger partial charge in [0.05, 0.1) is 11.9 Å². The minimum atomic E-state index is -0.970. The summed E-state index contributed by atoms with van der Waals surface area (Å²) in [6.07, 6.45) is 9.10. The van der Waals surface area contributed by atoms with Gasteiger partial charge in [0.25, 0.3) is 0 Å². The van der Waals surface area contributed by atoms with Crippen LogP contribution in [0.25, 0.3) is 0 Å². The maximum Gasteiger partial charge on any atom is 0.339 e. The number of carboxylic acid groups (broad SMARTS) is 1. The number of nitrogen functional groups attached to an aromatic ring is 1. The van der Waals surface area contributed by atoms with Gasteiger partial charge in [-0.2, -0.15) is 0 Å². The van der Waals surface area contributed by atoms with Crippen molar-refractivity contribution < 1.29 is 9.90 Å². The number of pyridine rings is 1. The molecule has 4 saturated carbocycles. The Hall–Kier alpha value is -1.78. The third-order valence-corrected chi connectivity index (χ3v) is 5.56. The van der Waals surface area contributed by atoms with E-state index in [1.807, 2.05) is 0 Å². The van der Waals surface area contributed by atoms with E-state index in [-0.39, 0.29) is 11.1 Å². The first kappa shape index (κ1) is 12.9. The highest BCUT2D eigenvalue weighted by atomic mass is 16.4. The maximum atomic E-state index is 11.4. The van der Waals surface area contributed by atoms with Crippen LogP contribution in [0.4, 0.5) is 11.5 Å². The molecule has 112 valence electrons. The second-order valence-electron chi connectivity index (χ2n) is 7.29. The Morgan fingerprint density at radius 3 is 2.33 bits per heavy atom. The van der Waals surface area contributed by atoms with E-state index in [1.165, 1.54) is 31.5 Å². The lowest BCUT2D eigenvalue weighted by molar-refractivity contribution is 0.0105. The second-order valence-corrected chi connectivity index (χ2v) is 7.29. The topological polar surface area (TPSA) is 88.2 Å². The molecular weight excluding hydrogens is 266 g/mol. The third kappa shape index (κ3) is 2.15. The Kier molecular flexibility index (Phi) is 2.68. The van der Waals surface area contributed by atoms with Gasteiger partial charge in [-0.3, -0.25) is 0 Å². The van der Waals surface area contributed by atoms with Gasteiger partial charge < -0.3 is 16.2 Å². The minimum Gasteiger partial charge on any atom is -0.478 e. The van der Waals surface area contributed by atoms with E-state index in [9.17, 15) is 9.90 Å². The van der Waals surface area contributed by atoms with Gasteiger partial charge in [0.15, 0.2) is 0 Å². The number of nitrogens with two attached hydrogens (primary N) is 1. The van der Waals surface area contributed by atoms with Crippen LogP contribution in [0.1, 0.15) is 48.9 Å². The van der Waals surface area contributed by atoms with Crippen molar-refractivity contribution in [1.82, 2.24) is 4.98 Å². The van der Waals surface area contributed by atoms with E-state index >= 15 is 0 Å². The van der Waals surface area contributed by atoms with Gasteiger partial charge in [-0.1, -0.05) is 0 Å². The second kappa shape index (κ2) is 4.36. The summed E-state index contributed by atoms with van der Waals surface area (Å²) in [7, 11) is 0. The van der Waals surface area contributed by atoms with Crippen LogP contribution in [-0.4, -0.2) is 21.6 Å². The summed E-state index contributed by atoms with van der Waals surface area (Å²) >= 11 is 0. The highest BCUT2D eigenvalue weighted by molar-refractivity contribution is 5.94. The van der Waals surface area contributed by atoms with Crippen molar-refractivity contribution in [3.63, 3.8) is 0 Å². The first-order valence-corrected chi connectivity index (χ1v) is 7.80. The molecule has 21 heavy (non-hydrogen) atoms. The zero-order valence-electron chi connectivity index (χ0n) is 12.0. The SMILES string of the molecule is Nc1cnc(NC23CC4CC(CC(C4)C2)C3)c(C(=O)O)c1. The van der Waals surface area contributed by atoms with E-state index in [2.05, 4.69) is 10.3 Å². The molecular formula is C16H21N3O2. The van der Waals surface area contributed by atoms with E-state index in [4.69, 9.17) is 5.73 Å². The number of aromatic nitrogens is 1. The lowest BCUT2D eigenvalue weighted by Gasteiger charge is -2.57. The number of aromatic carboxylic acids is 1. The van der Waals surface area contributed by atoms with Crippen LogP contribution in [0.3, 0.4) is 0 Å². The van der Waals surface area contributed by atoms with Gasteiger partial charge in [0.2, 0.25) is 0 Å². The fraction of sp³-hybridized carbons (Fsp3) is 0.625. The van der Waals surface area contributed by atoms with Crippen molar-refractivity contribution in [2.45, 2.75) is 44.1 Å². The van der Waals surface area contributed by atoms with Crippen molar-refractivity contribution in [1.29, 1.82) is 0 Å². The lowest BCUT2D eigenvalue weighted by atomic mass is 9.53. The van der Waals surface area contributed by atoms with Crippen LogP contribution in [0.5, 0.6) is 0 Å². The summed E-state index contributed by atoms with van der Waals surface area (Å²) in [5.74, 6) is 1.95. The largest absolute Gasteiger partial charge is 0.478 e. The number of hydrogen-bond acceptors (Lipinski definition) is 4. The summed E-state index contributed by atoms with van der Waals surface area (Å²) in [6, 6.07) is 1.50. The molecule has 0 aliphatic heterocycles. The van der Waals surface area contributed by atoms with Gasteiger partial charge in [-0.25, -0.2) is 9.78 Å². The van der Waals surface area contributed by atoms with Crippen molar-refractivity contribution in [2.24, 2.45) is 17.8 Å². The van der Waals surface area contributed by atoms with Crippen LogP contribution in [-0.2, 0) is 0 Å². The quantitative estimate of drug-likeness (QED) is 0.795. The molecule has 5 rings (SSSR count). The van der Waals surface area contributed by atoms with Crippen molar-refractivity contribution in [3.05, 3.63) is 17.8 Å². The molecule has 4 N–H and O–H groups in total. The van der Waals surface area contributed by atoms with Crippen LogP contribution in [0, 0.1) is 17.8 Å². The molecule has 1 aromatic heterocycles. The first-order chi connectivity index (χ1) is 10.0. The smallest absolute Gasteiger partial charge is 0.339 e. The number of carboxylic acids is 1. The molecule has 1 heterocycles. The fourth-order valence-corrected chi connectivity index (χ4v) is 5.26. The summed E-state index contributed by atoms with van der Waals surface area (Å²) in [4.78, 5) is 15.7. The number of hydrogen-bond donors (Lipinski definition) is 3. The summed E-state index contributed by atoms with van der Waals surface area (Å²) < 4.78 is 0. The average Bonchev–Trinajstić information content (AvgIpc) is 2.38. The van der Waals surface area contributed by atoms with Gasteiger partial charge >= 0.3 is 5.97 Å². The Morgan fingerprint density at radius 2 is 1.81 bits per heavy atom. The zero-order chi connectivity index (χ0) is 14.6. The van der Waals surface area contributed by atoms with E-state index < -0.39 is 5.97 Å². The minimum absolute atomic E-state index is 0.0576. The standard InChI is InChI=1S/C16H21N3O2/c17-12-4-13(15(20)21)14(18-8-12)19-16-5-9-1-10(6-16)3-11(2-9)7-16/h4,8-11H,1-3,5-7,17H2,(H,18,19)(H,20,21). The van der Waals surface area contributed by atoms with Crippen LogP contribution < -0.4 is 11.1 Å². The molecule has 4 fully saturated rings. The average molecular weight is 287 g/mol. The summed E-state index contributed by atoms with van der Waals surface area (Å²) in [5, 5.41) is 12.9. The molecule has 0 atom stereocenters. The van der Waals surface area contributed by atoms with Crippen LogP contribution in [0.15, 0.2) is 12.3 Å². The monoisotopic (exact) mass is 287 g/mol. The van der Waals surface area contributed by atoms with E-state index in [0.29, 0.717) is 11.5 Å². The highest BCUT2D eigenvalue weighted by Crippen LogP contribution is 2.56. The molecule has 0 aromatic carbocycles. The number of nitrogens with one attached hydrogen (secondary N) is 1. The van der Waals surface area contributed by atoms with Gasteiger partial charge in [-0.05, 0) is 62.3 Å². The first-order valence-electron chi connectivity index (χ1n) is 7.80. The summed E-state index contributed by atoms with van der Waals surface area (Å²) in [5.41, 5.74) is 6.31. The Labute approximate surface area is 123 Å². The maximum absolute atomic E-state index is 11.4. The fourth-order valence-electron chi connectivity index (χ4n) is 5.26. The number of nitrogens with zero attached hydrogens (tertiary/aromatic N) is 1. The van der Waals surface area contributed by atoms with Crippen LogP contribution in [0.2, 0.25) is 0 Å². The number of carbonyl (C=O) groups is 1. The Bertz CT molecular complexity index is 564. The van der Waals surface area contributed by atoms with Crippen molar-refractivity contribution >= 4 is 17.5 Å². The Balaban J connectivity index is 1.66. The lowest BCUT2D eigenvalue weighted by Crippen LogP contribution is -2.55. The Morgan fingerprint density at radius 1 is 1.24 bits per heavy atom. The molecule has 1 aromatic rings. The van der Waals surface area contributed by atoms with E-state index in [0.717, 1.165) is 37.0 Å². The molecule has 4 bridgehead atoms. The highest BCUT2D eigenvalue weighted by Gasteiger charge is 2.51. The van der Waals surface area contributed by atoms with Gasteiger partial charge in [0.1, 0.15) is 11.4 Å². The molecule has 4 aliphatic rings. The molecule has 4 aliphatic carbocycles. The predicted octanol–water partition coefficient (Wildman–Crippen LogP) is 2.74. The molecule has 0 spiro atoms. The normalized spacial score (nSPS) is 36.7. The van der Waals surface area contributed by atoms with Crippen LogP contribution >= 0.6 is 0 Å². The molecule has 0 unspecified atom stereocenters. The number of rotatable bonds is 3. The van der Waals surface area contributed by atoms with E-state index in [1.54, 1.807) is 0 Å². The molecule has 0 radical (unpaired) electrons. The predicted molar refractivity (Wildman–Crippen MR) is 80.1 cm³/mol. The van der Waals surface area contributed by atoms with Gasteiger partial charge in [-0.15, -0.1) is 0 Å². The molecule has 5 heteroatoms. The zero-order valence-corrected chi connectivity index (χ0v) is 12.0. The number of anilines is 2. The van der Waals surface area contributed by atoms with Crippen molar-refractivity contribution in [3.8, 4) is 0 Å². The molecule has 5 nitrogen and oxygen atoms in total. The van der Waals surface area contributed by atoms with Crippen molar-refractivity contribution in [2.75, 3.05) is 11.1 Å². The third-order valence-electron chi connectivity index (χ3n) is 5.56. The molecule has 0 amide bonds. The molecule has 0 saturated heterocycles. The summed E-state index contributed by atoms with van der Waals surface area (Å²) in [6.45, 7) is 0. The van der Waals surface area contributed by atoms with Gasteiger partial charge in [0, 0.05) is 5.54 Å².